The van der Waals surface area contributed by atoms with Crippen molar-refractivity contribution in [3.8, 4) is 5.75 Å². The highest BCUT2D eigenvalue weighted by atomic mass is 32.1. The molecule has 0 fully saturated rings. The molecule has 0 bridgehead atoms. The molecule has 7 heteroatoms. The van der Waals surface area contributed by atoms with Gasteiger partial charge in [-0.3, -0.25) is 0 Å². The Morgan fingerprint density at radius 1 is 1.21 bits per heavy atom. The van der Waals surface area contributed by atoms with Crippen molar-refractivity contribution in [1.29, 1.82) is 0 Å². The fourth-order valence-corrected chi connectivity index (χ4v) is 2.95. The van der Waals surface area contributed by atoms with Crippen LogP contribution in [0.5, 0.6) is 5.75 Å². The second-order valence-corrected chi connectivity index (χ2v) is 7.16. The lowest BCUT2D eigenvalue weighted by Gasteiger charge is -2.19. The molecule has 0 saturated carbocycles. The Morgan fingerprint density at radius 3 is 2.62 bits per heavy atom. The summed E-state index contributed by atoms with van der Waals surface area (Å²) < 4.78 is 16.4. The number of amides is 1. The Balaban J connectivity index is 1.87. The van der Waals surface area contributed by atoms with E-state index in [1.165, 1.54) is 18.4 Å². The lowest BCUT2D eigenvalue weighted by atomic mass is 10.2. The maximum absolute atomic E-state index is 11.5. The first-order valence-corrected chi connectivity index (χ1v) is 8.32. The summed E-state index contributed by atoms with van der Waals surface area (Å²) in [6.45, 7) is 6.08. The summed E-state index contributed by atoms with van der Waals surface area (Å²) >= 11 is 1.35. The van der Waals surface area contributed by atoms with Gasteiger partial charge < -0.3 is 19.5 Å². The second kappa shape index (κ2) is 7.53. The van der Waals surface area contributed by atoms with Gasteiger partial charge in [0.1, 0.15) is 22.8 Å². The quantitative estimate of drug-likeness (QED) is 0.658. The zero-order chi connectivity index (χ0) is 17.7. The van der Waals surface area contributed by atoms with Gasteiger partial charge in [-0.15, -0.1) is 11.3 Å². The molecule has 1 heterocycles. The van der Waals surface area contributed by atoms with Crippen LogP contribution in [-0.2, 0) is 9.47 Å². The van der Waals surface area contributed by atoms with Crippen molar-refractivity contribution < 1.29 is 23.8 Å². The number of carbonyl (C=O) groups is 2. The van der Waals surface area contributed by atoms with Crippen molar-refractivity contribution in [2.75, 3.05) is 20.3 Å². The van der Waals surface area contributed by atoms with E-state index in [4.69, 9.17) is 14.2 Å². The number of hydrogen-bond acceptors (Lipinski definition) is 6. The fraction of sp³-hybridized carbons (Fsp3) is 0.412. The van der Waals surface area contributed by atoms with Crippen LogP contribution >= 0.6 is 11.3 Å². The van der Waals surface area contributed by atoms with Gasteiger partial charge in [0.15, 0.2) is 0 Å². The molecule has 1 aromatic heterocycles. The van der Waals surface area contributed by atoms with Crippen LogP contribution in [0.25, 0.3) is 10.1 Å². The Bertz CT molecular complexity index is 732. The van der Waals surface area contributed by atoms with E-state index in [9.17, 15) is 9.59 Å². The number of carbonyl (C=O) groups excluding carboxylic acids is 2. The summed E-state index contributed by atoms with van der Waals surface area (Å²) in [4.78, 5) is 23.6. The summed E-state index contributed by atoms with van der Waals surface area (Å²) in [7, 11) is 1.36. The van der Waals surface area contributed by atoms with Gasteiger partial charge >= 0.3 is 12.1 Å². The average molecular weight is 351 g/mol. The van der Waals surface area contributed by atoms with Gasteiger partial charge in [-0.05, 0) is 50.4 Å². The van der Waals surface area contributed by atoms with Crippen LogP contribution < -0.4 is 10.1 Å². The van der Waals surface area contributed by atoms with E-state index in [-0.39, 0.29) is 5.97 Å². The van der Waals surface area contributed by atoms with Crippen LogP contribution in [0.2, 0.25) is 0 Å². The molecule has 0 atom stereocenters. The van der Waals surface area contributed by atoms with Crippen LogP contribution in [0.15, 0.2) is 24.3 Å². The van der Waals surface area contributed by atoms with E-state index in [1.54, 1.807) is 6.07 Å². The van der Waals surface area contributed by atoms with E-state index < -0.39 is 11.7 Å². The van der Waals surface area contributed by atoms with Gasteiger partial charge in [0.05, 0.1) is 13.7 Å². The highest BCUT2D eigenvalue weighted by Gasteiger charge is 2.15. The molecule has 6 nitrogen and oxygen atoms in total. The molecular formula is C17H21NO5S. The molecule has 0 aliphatic carbocycles. The first kappa shape index (κ1) is 18.1. The predicted molar refractivity (Wildman–Crippen MR) is 92.9 cm³/mol. The van der Waals surface area contributed by atoms with Crippen molar-refractivity contribution in [1.82, 2.24) is 5.32 Å². The van der Waals surface area contributed by atoms with E-state index in [0.717, 1.165) is 10.1 Å². The summed E-state index contributed by atoms with van der Waals surface area (Å²) in [5, 5.41) is 3.59. The molecule has 2 rings (SSSR count). The molecule has 0 saturated heterocycles. The molecule has 1 amide bonds. The fourth-order valence-electron chi connectivity index (χ4n) is 1.94. The normalized spacial score (nSPS) is 11.2. The second-order valence-electron chi connectivity index (χ2n) is 6.08. The van der Waals surface area contributed by atoms with Crippen LogP contribution in [0, 0.1) is 0 Å². The minimum Gasteiger partial charge on any atom is -0.492 e. The minimum atomic E-state index is -0.521. The number of thiophene rings is 1. The van der Waals surface area contributed by atoms with Crippen LogP contribution in [0.1, 0.15) is 30.4 Å². The first-order chi connectivity index (χ1) is 11.3. The van der Waals surface area contributed by atoms with Crippen molar-refractivity contribution in [2.45, 2.75) is 26.4 Å². The predicted octanol–water partition coefficient (Wildman–Crippen LogP) is 3.59. The lowest BCUT2D eigenvalue weighted by Crippen LogP contribution is -2.34. The summed E-state index contributed by atoms with van der Waals surface area (Å²) in [6.07, 6.45) is -0.470. The number of benzene rings is 1. The third kappa shape index (κ3) is 5.13. The van der Waals surface area contributed by atoms with Gasteiger partial charge in [-0.25, -0.2) is 9.59 Å². The van der Waals surface area contributed by atoms with Crippen molar-refractivity contribution >= 4 is 33.5 Å². The third-order valence-electron chi connectivity index (χ3n) is 2.92. The number of ether oxygens (including phenoxy) is 3. The topological polar surface area (TPSA) is 73.9 Å². The number of alkyl carbamates (subject to hydrolysis) is 1. The van der Waals surface area contributed by atoms with Crippen molar-refractivity contribution in [2.24, 2.45) is 0 Å². The Morgan fingerprint density at radius 2 is 1.96 bits per heavy atom. The van der Waals surface area contributed by atoms with Crippen molar-refractivity contribution in [3.05, 3.63) is 29.1 Å². The molecule has 0 aliphatic heterocycles. The Kier molecular flexibility index (Phi) is 5.66. The van der Waals surface area contributed by atoms with Gasteiger partial charge in [-0.1, -0.05) is 0 Å². The zero-order valence-electron chi connectivity index (χ0n) is 14.2. The van der Waals surface area contributed by atoms with Gasteiger partial charge in [0.25, 0.3) is 0 Å². The SMILES string of the molecule is COC(=O)c1cc2ccc(OCCNC(=O)OC(C)(C)C)cc2s1. The Labute approximate surface area is 144 Å². The van der Waals surface area contributed by atoms with Gasteiger partial charge in [-0.2, -0.15) is 0 Å². The molecule has 24 heavy (non-hydrogen) atoms. The maximum Gasteiger partial charge on any atom is 0.407 e. The third-order valence-corrected chi connectivity index (χ3v) is 4.00. The smallest absolute Gasteiger partial charge is 0.407 e. The number of hydrogen-bond donors (Lipinski definition) is 1. The molecule has 1 aromatic carbocycles. The maximum atomic E-state index is 11.5. The van der Waals surface area contributed by atoms with Crippen LogP contribution in [0.4, 0.5) is 4.79 Å². The molecule has 1 N–H and O–H groups in total. The minimum absolute atomic E-state index is 0.319. The number of esters is 1. The first-order valence-electron chi connectivity index (χ1n) is 7.50. The van der Waals surface area contributed by atoms with Crippen molar-refractivity contribution in [3.63, 3.8) is 0 Å². The van der Waals surface area contributed by atoms with E-state index in [0.29, 0.717) is 23.8 Å². The number of nitrogens with one attached hydrogen (secondary N) is 1. The highest BCUT2D eigenvalue weighted by molar-refractivity contribution is 7.20. The van der Waals surface area contributed by atoms with Gasteiger partial charge in [0, 0.05) is 4.70 Å². The van der Waals surface area contributed by atoms with Gasteiger partial charge in [0.2, 0.25) is 0 Å². The van der Waals surface area contributed by atoms with E-state index in [1.807, 2.05) is 39.0 Å². The van der Waals surface area contributed by atoms with E-state index >= 15 is 0 Å². The molecule has 0 unspecified atom stereocenters. The standard InChI is InChI=1S/C17H21NO5S/c1-17(2,3)23-16(20)18-7-8-22-12-6-5-11-9-14(15(19)21-4)24-13(11)10-12/h5-6,9-10H,7-8H2,1-4H3,(H,18,20). The number of rotatable bonds is 5. The molecule has 0 spiro atoms. The summed E-state index contributed by atoms with van der Waals surface area (Å²) in [6, 6.07) is 7.36. The number of fused-ring (bicyclic) bond motifs is 1. The molecule has 130 valence electrons. The zero-order valence-corrected chi connectivity index (χ0v) is 15.0. The average Bonchev–Trinajstić information content (AvgIpc) is 2.92. The largest absolute Gasteiger partial charge is 0.492 e. The molecule has 2 aromatic rings. The molecule has 0 radical (unpaired) electrons. The molecular weight excluding hydrogens is 330 g/mol. The highest BCUT2D eigenvalue weighted by Crippen LogP contribution is 2.29. The lowest BCUT2D eigenvalue weighted by molar-refractivity contribution is 0.0519. The van der Waals surface area contributed by atoms with Crippen LogP contribution in [-0.4, -0.2) is 37.9 Å². The molecule has 0 aliphatic rings. The van der Waals surface area contributed by atoms with E-state index in [2.05, 4.69) is 5.32 Å². The van der Waals surface area contributed by atoms with Crippen LogP contribution in [0.3, 0.4) is 0 Å². The summed E-state index contributed by atoms with van der Waals surface area (Å²) in [5.74, 6) is 0.326. The Hall–Kier alpha value is -2.28. The summed E-state index contributed by atoms with van der Waals surface area (Å²) in [5.41, 5.74) is -0.521. The monoisotopic (exact) mass is 351 g/mol. The number of methoxy groups -OCH3 is 1.